The van der Waals surface area contributed by atoms with Crippen LogP contribution in [0.5, 0.6) is 0 Å². The van der Waals surface area contributed by atoms with Gasteiger partial charge in [0.25, 0.3) is 10.1 Å². The molecule has 0 rings (SSSR count). The second kappa shape index (κ2) is 8.91. The van der Waals surface area contributed by atoms with Gasteiger partial charge in [-0.2, -0.15) is 8.42 Å². The SMILES string of the molecule is C=CC(N)=O.C=CCS(=O)(=O)O.N. The maximum atomic E-state index is 9.72. The Morgan fingerprint density at radius 2 is 1.77 bits per heavy atom. The summed E-state index contributed by atoms with van der Waals surface area (Å²) in [7, 11) is -3.79. The highest BCUT2D eigenvalue weighted by atomic mass is 32.2. The number of carbonyl (C=O) groups excluding carboxylic acids is 1. The van der Waals surface area contributed by atoms with E-state index in [0.29, 0.717) is 0 Å². The van der Waals surface area contributed by atoms with Crippen LogP contribution in [0, 0.1) is 0 Å². The molecule has 0 fully saturated rings. The number of carbonyl (C=O) groups is 1. The van der Waals surface area contributed by atoms with E-state index in [9.17, 15) is 13.2 Å². The molecule has 0 saturated heterocycles. The van der Waals surface area contributed by atoms with Crippen LogP contribution in [0.2, 0.25) is 0 Å². The molecular weight excluding hydrogens is 196 g/mol. The molecule has 6 N–H and O–H groups in total. The van der Waals surface area contributed by atoms with Gasteiger partial charge in [0, 0.05) is 0 Å². The Balaban J connectivity index is -0.000000150. The lowest BCUT2D eigenvalue weighted by Gasteiger charge is -1.82. The molecule has 0 aromatic carbocycles. The van der Waals surface area contributed by atoms with Crippen molar-refractivity contribution in [2.45, 2.75) is 0 Å². The molecule has 0 saturated carbocycles. The zero-order chi connectivity index (χ0) is 10.2. The smallest absolute Gasteiger partial charge is 0.268 e. The summed E-state index contributed by atoms with van der Waals surface area (Å²) in [5, 5.41) is 0. The van der Waals surface area contributed by atoms with E-state index in [1.165, 1.54) is 0 Å². The summed E-state index contributed by atoms with van der Waals surface area (Å²) in [5.41, 5.74) is 4.53. The van der Waals surface area contributed by atoms with Gasteiger partial charge in [0.05, 0.1) is 5.75 Å². The van der Waals surface area contributed by atoms with Crippen molar-refractivity contribution in [3.63, 3.8) is 0 Å². The van der Waals surface area contributed by atoms with E-state index < -0.39 is 16.0 Å². The molecule has 0 aliphatic heterocycles. The average Bonchev–Trinajstić information content (AvgIpc) is 1.86. The minimum Gasteiger partial charge on any atom is -0.366 e. The van der Waals surface area contributed by atoms with E-state index in [4.69, 9.17) is 4.55 Å². The number of rotatable bonds is 3. The molecule has 7 heteroatoms. The summed E-state index contributed by atoms with van der Waals surface area (Å²) in [4.78, 5) is 9.47. The first kappa shape index (κ1) is 17.8. The van der Waals surface area contributed by atoms with Crippen LogP contribution in [-0.4, -0.2) is 24.6 Å². The molecule has 0 unspecified atom stereocenters. The van der Waals surface area contributed by atoms with E-state index in [1.807, 2.05) is 0 Å². The van der Waals surface area contributed by atoms with Crippen molar-refractivity contribution in [3.05, 3.63) is 25.3 Å². The van der Waals surface area contributed by atoms with Crippen molar-refractivity contribution in [2.24, 2.45) is 5.73 Å². The molecule has 6 nitrogen and oxygen atoms in total. The highest BCUT2D eigenvalue weighted by molar-refractivity contribution is 7.85. The van der Waals surface area contributed by atoms with Crippen LogP contribution in [0.15, 0.2) is 25.3 Å². The predicted octanol–water partition coefficient (Wildman–Crippen LogP) is -0.120. The van der Waals surface area contributed by atoms with E-state index in [-0.39, 0.29) is 11.9 Å². The molecule has 13 heavy (non-hydrogen) atoms. The zero-order valence-corrected chi connectivity index (χ0v) is 7.96. The molecule has 1 amide bonds. The maximum absolute atomic E-state index is 9.72. The minimum absolute atomic E-state index is 0. The Bertz CT molecular complexity index is 258. The van der Waals surface area contributed by atoms with Crippen LogP contribution in [0.25, 0.3) is 0 Å². The lowest BCUT2D eigenvalue weighted by molar-refractivity contribution is -0.113. The van der Waals surface area contributed by atoms with Gasteiger partial charge in [0.1, 0.15) is 0 Å². The highest BCUT2D eigenvalue weighted by Gasteiger charge is 1.95. The third kappa shape index (κ3) is 36.2. The Morgan fingerprint density at radius 3 is 1.77 bits per heavy atom. The summed E-state index contributed by atoms with van der Waals surface area (Å²) >= 11 is 0. The molecule has 78 valence electrons. The van der Waals surface area contributed by atoms with E-state index in [1.54, 1.807) is 0 Å². The van der Waals surface area contributed by atoms with Crippen molar-refractivity contribution < 1.29 is 17.8 Å². The first-order chi connectivity index (χ1) is 5.33. The van der Waals surface area contributed by atoms with Crippen molar-refractivity contribution in [1.29, 1.82) is 0 Å². The lowest BCUT2D eigenvalue weighted by atomic mass is 10.6. The van der Waals surface area contributed by atoms with Crippen molar-refractivity contribution >= 4 is 16.0 Å². The second-order valence-electron chi connectivity index (χ2n) is 1.64. The normalized spacial score (nSPS) is 8.38. The average molecular weight is 210 g/mol. The predicted molar refractivity (Wildman–Crippen MR) is 51.0 cm³/mol. The zero-order valence-electron chi connectivity index (χ0n) is 7.14. The quantitative estimate of drug-likeness (QED) is 0.339. The Labute approximate surface area is 77.5 Å². The molecular formula is C6H14N2O4S. The number of hydrogen-bond donors (Lipinski definition) is 3. The van der Waals surface area contributed by atoms with Gasteiger partial charge in [-0.1, -0.05) is 12.7 Å². The van der Waals surface area contributed by atoms with Crippen LogP contribution in [0.1, 0.15) is 0 Å². The monoisotopic (exact) mass is 210 g/mol. The van der Waals surface area contributed by atoms with Gasteiger partial charge < -0.3 is 11.9 Å². The fourth-order valence-corrected chi connectivity index (χ4v) is 0.447. The number of hydrogen-bond acceptors (Lipinski definition) is 4. The summed E-state index contributed by atoms with van der Waals surface area (Å²) in [6, 6.07) is 0. The third-order valence-electron chi connectivity index (χ3n) is 0.530. The Kier molecular flexibility index (Phi) is 12.2. The standard InChI is InChI=1S/C3H5NO.C3H6O3S.H3N/c1-2-3(4)5;1-2-3-7(4,5)6;/h2H,1H2,(H2,4,5);2H,1,3H2,(H,4,5,6);1H3. The summed E-state index contributed by atoms with van der Waals surface area (Å²) in [6.07, 6.45) is 2.18. The summed E-state index contributed by atoms with van der Waals surface area (Å²) < 4.78 is 27.3. The third-order valence-corrected chi connectivity index (χ3v) is 1.19. The van der Waals surface area contributed by atoms with Crippen molar-refractivity contribution in [2.75, 3.05) is 5.75 Å². The Hall–Kier alpha value is -1.18. The largest absolute Gasteiger partial charge is 0.366 e. The molecule has 0 bridgehead atoms. The van der Waals surface area contributed by atoms with Gasteiger partial charge in [-0.15, -0.1) is 6.58 Å². The fourth-order valence-electron chi connectivity index (χ4n) is 0.149. The van der Waals surface area contributed by atoms with Crippen LogP contribution in [0.4, 0.5) is 0 Å². The van der Waals surface area contributed by atoms with E-state index in [2.05, 4.69) is 18.9 Å². The van der Waals surface area contributed by atoms with Crippen molar-refractivity contribution in [1.82, 2.24) is 6.15 Å². The van der Waals surface area contributed by atoms with Gasteiger partial charge >= 0.3 is 0 Å². The topological polar surface area (TPSA) is 132 Å². The van der Waals surface area contributed by atoms with Crippen LogP contribution < -0.4 is 11.9 Å². The molecule has 0 spiro atoms. The Morgan fingerprint density at radius 1 is 1.46 bits per heavy atom. The van der Waals surface area contributed by atoms with Crippen molar-refractivity contribution in [3.8, 4) is 0 Å². The summed E-state index contributed by atoms with van der Waals surface area (Å²) in [6.45, 7) is 6.19. The van der Waals surface area contributed by atoms with E-state index in [0.717, 1.165) is 12.2 Å². The lowest BCUT2D eigenvalue weighted by Crippen LogP contribution is -2.04. The number of primary amides is 1. The van der Waals surface area contributed by atoms with E-state index >= 15 is 0 Å². The molecule has 0 aliphatic rings. The van der Waals surface area contributed by atoms with Gasteiger partial charge in [-0.3, -0.25) is 9.35 Å². The maximum Gasteiger partial charge on any atom is 0.268 e. The van der Waals surface area contributed by atoms with Crippen LogP contribution >= 0.6 is 0 Å². The molecule has 0 heterocycles. The minimum atomic E-state index is -3.79. The first-order valence-electron chi connectivity index (χ1n) is 2.81. The molecule has 0 aliphatic carbocycles. The van der Waals surface area contributed by atoms with Crippen LogP contribution in [-0.2, 0) is 14.9 Å². The molecule has 0 radical (unpaired) electrons. The molecule has 0 aromatic rings. The fraction of sp³-hybridized carbons (Fsp3) is 0.167. The number of amides is 1. The van der Waals surface area contributed by atoms with Gasteiger partial charge in [-0.25, -0.2) is 0 Å². The van der Waals surface area contributed by atoms with Gasteiger partial charge in [-0.05, 0) is 6.08 Å². The highest BCUT2D eigenvalue weighted by Crippen LogP contribution is 1.78. The van der Waals surface area contributed by atoms with Gasteiger partial charge in [0.15, 0.2) is 0 Å². The number of nitrogens with two attached hydrogens (primary N) is 1. The first-order valence-corrected chi connectivity index (χ1v) is 4.42. The second-order valence-corrected chi connectivity index (χ2v) is 3.14. The molecule has 0 aromatic heterocycles. The summed E-state index contributed by atoms with van der Waals surface area (Å²) in [5.74, 6) is -0.850. The molecule has 0 atom stereocenters. The van der Waals surface area contributed by atoms with Gasteiger partial charge in [0.2, 0.25) is 5.91 Å². The van der Waals surface area contributed by atoms with Crippen LogP contribution in [0.3, 0.4) is 0 Å².